The lowest BCUT2D eigenvalue weighted by atomic mass is 10.1. The fourth-order valence-corrected chi connectivity index (χ4v) is 4.95. The van der Waals surface area contributed by atoms with E-state index in [1.165, 1.54) is 24.5 Å². The van der Waals surface area contributed by atoms with Crippen LogP contribution in [0.1, 0.15) is 5.56 Å². The second-order valence-electron chi connectivity index (χ2n) is 4.63. The number of thioether (sulfide) groups is 1. The molecule has 20 heavy (non-hydrogen) atoms. The van der Waals surface area contributed by atoms with E-state index < -0.39 is 21.0 Å². The Morgan fingerprint density at radius 2 is 2.25 bits per heavy atom. The lowest BCUT2D eigenvalue weighted by Crippen LogP contribution is -2.47. The van der Waals surface area contributed by atoms with Crippen LogP contribution in [0.4, 0.5) is 10.1 Å². The van der Waals surface area contributed by atoms with Crippen molar-refractivity contribution in [3.05, 3.63) is 29.6 Å². The average molecular weight is 317 g/mol. The van der Waals surface area contributed by atoms with E-state index in [-0.39, 0.29) is 17.1 Å². The predicted molar refractivity (Wildman–Crippen MR) is 80.7 cm³/mol. The highest BCUT2D eigenvalue weighted by molar-refractivity contribution is 8.01. The number of amidine groups is 1. The molecule has 1 aromatic carbocycles. The molecule has 1 fully saturated rings. The molecule has 1 aromatic rings. The van der Waals surface area contributed by atoms with Crippen LogP contribution in [0.25, 0.3) is 0 Å². The average Bonchev–Trinajstić information content (AvgIpc) is 2.37. The maximum absolute atomic E-state index is 14.2. The van der Waals surface area contributed by atoms with Gasteiger partial charge in [0.1, 0.15) is 17.0 Å². The number of hydrogen-bond acceptors (Lipinski definition) is 5. The summed E-state index contributed by atoms with van der Waals surface area (Å²) in [5.41, 5.74) is 5.84. The van der Waals surface area contributed by atoms with E-state index in [4.69, 9.17) is 11.1 Å². The van der Waals surface area contributed by atoms with Gasteiger partial charge in [0.15, 0.2) is 9.84 Å². The summed E-state index contributed by atoms with van der Waals surface area (Å²) in [6.45, 7) is 0.471. The lowest BCUT2D eigenvalue weighted by Gasteiger charge is -2.36. The predicted octanol–water partition coefficient (Wildman–Crippen LogP) is 1.03. The SMILES string of the molecule is CS(=O)(=O)C1CSCCN1c1ccc(C(=N)N)cc1F. The number of hydrogen-bond donors (Lipinski definition) is 2. The summed E-state index contributed by atoms with van der Waals surface area (Å²) in [5, 5.41) is 6.56. The maximum Gasteiger partial charge on any atom is 0.169 e. The van der Waals surface area contributed by atoms with E-state index in [2.05, 4.69) is 0 Å². The van der Waals surface area contributed by atoms with Gasteiger partial charge >= 0.3 is 0 Å². The third kappa shape index (κ3) is 3.06. The normalized spacial score (nSPS) is 19.9. The number of benzene rings is 1. The highest BCUT2D eigenvalue weighted by atomic mass is 32.2. The summed E-state index contributed by atoms with van der Waals surface area (Å²) in [6.07, 6.45) is 1.17. The molecule has 1 saturated heterocycles. The highest BCUT2D eigenvalue weighted by Crippen LogP contribution is 2.29. The molecule has 0 saturated carbocycles. The van der Waals surface area contributed by atoms with Crippen molar-refractivity contribution in [1.29, 1.82) is 5.41 Å². The number of nitrogens with two attached hydrogens (primary N) is 1. The van der Waals surface area contributed by atoms with Crippen LogP contribution in [0.3, 0.4) is 0 Å². The van der Waals surface area contributed by atoms with Crippen molar-refractivity contribution in [3.63, 3.8) is 0 Å². The minimum Gasteiger partial charge on any atom is -0.384 e. The van der Waals surface area contributed by atoms with Crippen LogP contribution in [-0.4, -0.2) is 43.9 Å². The number of halogens is 1. The topological polar surface area (TPSA) is 87.2 Å². The van der Waals surface area contributed by atoms with Crippen LogP contribution >= 0.6 is 11.8 Å². The first kappa shape index (κ1) is 15.1. The monoisotopic (exact) mass is 317 g/mol. The van der Waals surface area contributed by atoms with Crippen molar-refractivity contribution in [3.8, 4) is 0 Å². The molecule has 8 heteroatoms. The van der Waals surface area contributed by atoms with E-state index in [0.29, 0.717) is 12.3 Å². The van der Waals surface area contributed by atoms with Crippen molar-refractivity contribution in [2.45, 2.75) is 5.37 Å². The Bertz CT molecular complexity index is 634. The minimum atomic E-state index is -3.29. The van der Waals surface area contributed by atoms with Gasteiger partial charge in [-0.3, -0.25) is 5.41 Å². The fourth-order valence-electron chi connectivity index (χ4n) is 2.12. The number of nitrogens with one attached hydrogen (secondary N) is 1. The van der Waals surface area contributed by atoms with E-state index in [0.717, 1.165) is 5.75 Å². The van der Waals surface area contributed by atoms with Crippen LogP contribution in [0.2, 0.25) is 0 Å². The molecule has 1 heterocycles. The van der Waals surface area contributed by atoms with E-state index >= 15 is 0 Å². The summed E-state index contributed by atoms with van der Waals surface area (Å²) in [5.74, 6) is 0.398. The molecule has 5 nitrogen and oxygen atoms in total. The Labute approximate surface area is 121 Å². The Morgan fingerprint density at radius 1 is 1.55 bits per heavy atom. The number of nitrogens with zero attached hydrogens (tertiary/aromatic N) is 1. The quantitative estimate of drug-likeness (QED) is 0.642. The molecule has 0 radical (unpaired) electrons. The third-order valence-corrected chi connectivity index (χ3v) is 5.79. The molecule has 0 bridgehead atoms. The maximum atomic E-state index is 14.2. The van der Waals surface area contributed by atoms with Crippen LogP contribution in [0, 0.1) is 11.2 Å². The summed E-state index contributed by atoms with van der Waals surface area (Å²) in [7, 11) is -3.29. The summed E-state index contributed by atoms with van der Waals surface area (Å²) < 4.78 is 37.8. The molecule has 1 atom stereocenters. The third-order valence-electron chi connectivity index (χ3n) is 3.15. The number of rotatable bonds is 3. The molecule has 2 rings (SSSR count). The zero-order valence-electron chi connectivity index (χ0n) is 11.0. The van der Waals surface area contributed by atoms with E-state index in [1.807, 2.05) is 0 Å². The van der Waals surface area contributed by atoms with Crippen molar-refractivity contribution < 1.29 is 12.8 Å². The fraction of sp³-hybridized carbons (Fsp3) is 0.417. The number of sulfone groups is 1. The zero-order valence-corrected chi connectivity index (χ0v) is 12.6. The Kier molecular flexibility index (Phi) is 4.24. The smallest absolute Gasteiger partial charge is 0.169 e. The number of anilines is 1. The molecule has 1 aliphatic rings. The van der Waals surface area contributed by atoms with Gasteiger partial charge in [0.25, 0.3) is 0 Å². The van der Waals surface area contributed by atoms with Crippen molar-refractivity contribution in [2.24, 2.45) is 5.73 Å². The van der Waals surface area contributed by atoms with Gasteiger partial charge in [-0.15, -0.1) is 0 Å². The van der Waals surface area contributed by atoms with E-state index in [9.17, 15) is 12.8 Å². The molecule has 0 aliphatic carbocycles. The summed E-state index contributed by atoms with van der Waals surface area (Å²) >= 11 is 1.54. The van der Waals surface area contributed by atoms with Gasteiger partial charge in [0, 0.05) is 29.9 Å². The van der Waals surface area contributed by atoms with Crippen molar-refractivity contribution in [1.82, 2.24) is 0 Å². The van der Waals surface area contributed by atoms with Crippen LogP contribution in [0.15, 0.2) is 18.2 Å². The molecular weight excluding hydrogens is 301 g/mol. The molecule has 0 amide bonds. The Hall–Kier alpha value is -1.28. The molecular formula is C12H16FN3O2S2. The van der Waals surface area contributed by atoms with Gasteiger partial charge < -0.3 is 10.6 Å². The summed E-state index contributed by atoms with van der Waals surface area (Å²) in [4.78, 5) is 1.57. The Morgan fingerprint density at radius 3 is 2.80 bits per heavy atom. The first-order chi connectivity index (χ1) is 9.30. The molecule has 0 spiro atoms. The van der Waals surface area contributed by atoms with Gasteiger partial charge in [-0.1, -0.05) is 0 Å². The second kappa shape index (κ2) is 5.61. The molecule has 1 unspecified atom stereocenters. The van der Waals surface area contributed by atoms with Gasteiger partial charge in [-0.05, 0) is 18.2 Å². The summed E-state index contributed by atoms with van der Waals surface area (Å²) in [6, 6.07) is 4.18. The van der Waals surface area contributed by atoms with Crippen LogP contribution in [-0.2, 0) is 9.84 Å². The number of nitrogen functional groups attached to an aromatic ring is 1. The standard InChI is InChI=1S/C12H16FN3O2S2/c1-20(17,18)11-7-19-5-4-16(11)10-3-2-8(12(14)15)6-9(10)13/h2-3,6,11H,4-5,7H2,1H3,(H3,14,15). The van der Waals surface area contributed by atoms with Gasteiger partial charge in [-0.2, -0.15) is 11.8 Å². The van der Waals surface area contributed by atoms with Crippen LogP contribution in [0.5, 0.6) is 0 Å². The highest BCUT2D eigenvalue weighted by Gasteiger charge is 2.32. The molecule has 110 valence electrons. The van der Waals surface area contributed by atoms with Crippen LogP contribution < -0.4 is 10.6 Å². The minimum absolute atomic E-state index is 0.218. The van der Waals surface area contributed by atoms with Gasteiger partial charge in [-0.25, -0.2) is 12.8 Å². The first-order valence-corrected chi connectivity index (χ1v) is 9.09. The second-order valence-corrected chi connectivity index (χ2v) is 7.99. The van der Waals surface area contributed by atoms with Gasteiger partial charge in [0.05, 0.1) is 5.69 Å². The molecule has 3 N–H and O–H groups in total. The van der Waals surface area contributed by atoms with Crippen molar-refractivity contribution in [2.75, 3.05) is 29.2 Å². The largest absolute Gasteiger partial charge is 0.384 e. The lowest BCUT2D eigenvalue weighted by molar-refractivity contribution is 0.578. The Balaban J connectivity index is 2.40. The van der Waals surface area contributed by atoms with Gasteiger partial charge in [0.2, 0.25) is 0 Å². The first-order valence-electron chi connectivity index (χ1n) is 5.98. The molecule has 0 aromatic heterocycles. The zero-order chi connectivity index (χ0) is 14.9. The molecule has 1 aliphatic heterocycles. The van der Waals surface area contributed by atoms with Crippen molar-refractivity contribution >= 4 is 33.1 Å². The van der Waals surface area contributed by atoms with E-state index in [1.54, 1.807) is 16.7 Å².